The van der Waals surface area contributed by atoms with E-state index in [4.69, 9.17) is 0 Å². The van der Waals surface area contributed by atoms with Gasteiger partial charge in [-0.25, -0.2) is 4.98 Å². The topological polar surface area (TPSA) is 59.1 Å². The van der Waals surface area contributed by atoms with Crippen molar-refractivity contribution in [3.63, 3.8) is 0 Å². The molecular weight excluding hydrogens is 340 g/mol. The number of aryl methyl sites for hydroxylation is 1. The van der Waals surface area contributed by atoms with E-state index in [2.05, 4.69) is 10.3 Å². The highest BCUT2D eigenvalue weighted by Crippen LogP contribution is 2.23. The number of ketones is 1. The lowest BCUT2D eigenvalue weighted by Gasteiger charge is -2.05. The molecule has 0 fully saturated rings. The Hall–Kier alpha value is -2.31. The lowest BCUT2D eigenvalue weighted by Crippen LogP contribution is -2.13. The predicted octanol–water partition coefficient (Wildman–Crippen LogP) is 4.78. The monoisotopic (exact) mass is 356 g/mol. The average molecular weight is 356 g/mol. The van der Waals surface area contributed by atoms with E-state index in [1.807, 2.05) is 48.7 Å². The minimum atomic E-state index is -0.154. The Morgan fingerprint density at radius 2 is 1.88 bits per heavy atom. The number of rotatable bonds is 6. The molecule has 0 atom stereocenters. The van der Waals surface area contributed by atoms with Crippen LogP contribution in [0.2, 0.25) is 0 Å². The molecule has 1 N–H and O–H groups in total. The van der Waals surface area contributed by atoms with E-state index in [1.165, 1.54) is 11.3 Å². The number of aromatic nitrogens is 1. The zero-order chi connectivity index (χ0) is 16.9. The summed E-state index contributed by atoms with van der Waals surface area (Å²) in [5.74, 6) is -0.138. The first-order valence-electron chi connectivity index (χ1n) is 7.51. The molecule has 24 heavy (non-hydrogen) atoms. The summed E-state index contributed by atoms with van der Waals surface area (Å²) in [4.78, 5) is 30.1. The van der Waals surface area contributed by atoms with E-state index >= 15 is 0 Å². The lowest BCUT2D eigenvalue weighted by molar-refractivity contribution is -0.116. The van der Waals surface area contributed by atoms with Gasteiger partial charge < -0.3 is 5.32 Å². The van der Waals surface area contributed by atoms with Crippen LogP contribution in [0.3, 0.4) is 0 Å². The minimum absolute atomic E-state index is 0.0161. The van der Waals surface area contributed by atoms with Gasteiger partial charge in [0.05, 0.1) is 4.88 Å². The number of benzene rings is 1. The average Bonchev–Trinajstić information content (AvgIpc) is 3.25. The Morgan fingerprint density at radius 1 is 1.08 bits per heavy atom. The van der Waals surface area contributed by atoms with Crippen molar-refractivity contribution in [3.05, 3.63) is 57.7 Å². The molecule has 2 heterocycles. The van der Waals surface area contributed by atoms with E-state index in [0.717, 1.165) is 21.1 Å². The number of hydrogen-bond acceptors (Lipinski definition) is 5. The molecule has 0 aliphatic heterocycles. The van der Waals surface area contributed by atoms with Crippen LogP contribution in [0.4, 0.5) is 5.69 Å². The first-order chi connectivity index (χ1) is 11.6. The Kier molecular flexibility index (Phi) is 5.17. The molecule has 0 saturated carbocycles. The van der Waals surface area contributed by atoms with Crippen LogP contribution in [0.15, 0.2) is 48.0 Å². The molecule has 4 nitrogen and oxygen atoms in total. The Bertz CT molecular complexity index is 836. The summed E-state index contributed by atoms with van der Waals surface area (Å²) in [6.07, 6.45) is 2.18. The molecule has 122 valence electrons. The third-order valence-corrected chi connectivity index (χ3v) is 5.31. The van der Waals surface area contributed by atoms with Gasteiger partial charge in [-0.15, -0.1) is 22.7 Å². The molecule has 0 spiro atoms. The van der Waals surface area contributed by atoms with Crippen molar-refractivity contribution < 1.29 is 9.59 Å². The molecular formula is C18H16N2O2S2. The number of nitrogens with zero attached hydrogens (tertiary/aromatic N) is 1. The number of hydrogen-bond donors (Lipinski definition) is 1. The van der Waals surface area contributed by atoms with Crippen LogP contribution in [-0.4, -0.2) is 16.7 Å². The van der Waals surface area contributed by atoms with E-state index in [1.54, 1.807) is 17.5 Å². The zero-order valence-electron chi connectivity index (χ0n) is 13.1. The SMILES string of the molecule is Cc1ccc(C(=O)CCC(=O)Nc2ccc(-c3nccs3)cc2)s1. The highest BCUT2D eigenvalue weighted by atomic mass is 32.1. The van der Waals surface area contributed by atoms with E-state index < -0.39 is 0 Å². The number of nitrogens with one attached hydrogen (secondary N) is 1. The number of anilines is 1. The Balaban J connectivity index is 1.52. The standard InChI is InChI=1S/C18H16N2O2S2/c1-12-2-8-16(24-12)15(21)7-9-17(22)20-14-5-3-13(4-6-14)18-19-10-11-23-18/h2-6,8,10-11H,7,9H2,1H3,(H,20,22). The van der Waals surface area contributed by atoms with Crippen molar-refractivity contribution in [2.24, 2.45) is 0 Å². The van der Waals surface area contributed by atoms with Gasteiger partial charge >= 0.3 is 0 Å². The fourth-order valence-corrected chi connectivity index (χ4v) is 3.70. The van der Waals surface area contributed by atoms with Crippen molar-refractivity contribution in [2.75, 3.05) is 5.32 Å². The Morgan fingerprint density at radius 3 is 2.50 bits per heavy atom. The van der Waals surface area contributed by atoms with Crippen LogP contribution in [0.25, 0.3) is 10.6 Å². The van der Waals surface area contributed by atoms with Gasteiger partial charge in [-0.2, -0.15) is 0 Å². The zero-order valence-corrected chi connectivity index (χ0v) is 14.7. The second kappa shape index (κ2) is 7.51. The molecule has 2 aromatic heterocycles. The number of thiophene rings is 1. The Labute approximate surface area is 148 Å². The summed E-state index contributed by atoms with van der Waals surface area (Å²) in [5.41, 5.74) is 1.74. The normalized spacial score (nSPS) is 10.5. The smallest absolute Gasteiger partial charge is 0.224 e. The predicted molar refractivity (Wildman–Crippen MR) is 98.8 cm³/mol. The highest BCUT2D eigenvalue weighted by molar-refractivity contribution is 7.14. The van der Waals surface area contributed by atoms with Gasteiger partial charge in [-0.3, -0.25) is 9.59 Å². The highest BCUT2D eigenvalue weighted by Gasteiger charge is 2.11. The quantitative estimate of drug-likeness (QED) is 0.647. The first-order valence-corrected chi connectivity index (χ1v) is 9.21. The third kappa shape index (κ3) is 4.15. The largest absolute Gasteiger partial charge is 0.326 e. The summed E-state index contributed by atoms with van der Waals surface area (Å²) in [6.45, 7) is 1.96. The molecule has 0 aliphatic rings. The van der Waals surface area contributed by atoms with Crippen LogP contribution in [0.1, 0.15) is 27.4 Å². The van der Waals surface area contributed by atoms with Crippen molar-refractivity contribution in [1.82, 2.24) is 4.98 Å². The fourth-order valence-electron chi connectivity index (χ4n) is 2.22. The van der Waals surface area contributed by atoms with Gasteiger partial charge in [0, 0.05) is 40.5 Å². The van der Waals surface area contributed by atoms with Gasteiger partial charge in [0.15, 0.2) is 5.78 Å². The van der Waals surface area contributed by atoms with E-state index in [-0.39, 0.29) is 24.5 Å². The van der Waals surface area contributed by atoms with Crippen LogP contribution < -0.4 is 5.32 Å². The maximum Gasteiger partial charge on any atom is 0.224 e. The fraction of sp³-hybridized carbons (Fsp3) is 0.167. The van der Waals surface area contributed by atoms with Crippen LogP contribution in [0, 0.1) is 6.92 Å². The number of thiazole rings is 1. The van der Waals surface area contributed by atoms with Crippen molar-refractivity contribution >= 4 is 40.1 Å². The lowest BCUT2D eigenvalue weighted by atomic mass is 10.1. The molecule has 0 radical (unpaired) electrons. The number of carbonyl (C=O) groups is 2. The number of carbonyl (C=O) groups excluding carboxylic acids is 2. The van der Waals surface area contributed by atoms with Crippen LogP contribution in [0.5, 0.6) is 0 Å². The first kappa shape index (κ1) is 16.5. The molecule has 1 amide bonds. The molecule has 0 aliphatic carbocycles. The maximum atomic E-state index is 12.0. The second-order valence-electron chi connectivity index (χ2n) is 5.30. The molecule has 6 heteroatoms. The summed E-state index contributed by atoms with van der Waals surface area (Å²) in [6, 6.07) is 11.3. The van der Waals surface area contributed by atoms with Crippen molar-refractivity contribution in [2.45, 2.75) is 19.8 Å². The molecule has 0 saturated heterocycles. The van der Waals surface area contributed by atoms with Crippen LogP contribution in [-0.2, 0) is 4.79 Å². The number of amides is 1. The summed E-state index contributed by atoms with van der Waals surface area (Å²) in [5, 5.41) is 5.70. The molecule has 3 rings (SSSR count). The molecule has 0 bridgehead atoms. The van der Waals surface area contributed by atoms with Gasteiger partial charge in [0.2, 0.25) is 5.91 Å². The van der Waals surface area contributed by atoms with E-state index in [0.29, 0.717) is 4.88 Å². The molecule has 3 aromatic rings. The van der Waals surface area contributed by atoms with E-state index in [9.17, 15) is 9.59 Å². The molecule has 0 unspecified atom stereocenters. The van der Waals surface area contributed by atoms with Crippen molar-refractivity contribution in [1.29, 1.82) is 0 Å². The molecule has 1 aromatic carbocycles. The number of Topliss-reactive ketones (excluding diaryl/α,β-unsaturated/α-hetero) is 1. The maximum absolute atomic E-state index is 12.0. The van der Waals surface area contributed by atoms with Gasteiger partial charge in [0.25, 0.3) is 0 Å². The summed E-state index contributed by atoms with van der Waals surface area (Å²) in [7, 11) is 0. The third-order valence-electron chi connectivity index (χ3n) is 3.44. The minimum Gasteiger partial charge on any atom is -0.326 e. The van der Waals surface area contributed by atoms with Gasteiger partial charge in [-0.05, 0) is 43.3 Å². The summed E-state index contributed by atoms with van der Waals surface area (Å²) >= 11 is 3.04. The van der Waals surface area contributed by atoms with Gasteiger partial charge in [-0.1, -0.05) is 0 Å². The van der Waals surface area contributed by atoms with Gasteiger partial charge in [0.1, 0.15) is 5.01 Å². The van der Waals surface area contributed by atoms with Crippen molar-refractivity contribution in [3.8, 4) is 10.6 Å². The van der Waals surface area contributed by atoms with Crippen LogP contribution >= 0.6 is 22.7 Å². The second-order valence-corrected chi connectivity index (χ2v) is 7.48. The summed E-state index contributed by atoms with van der Waals surface area (Å²) < 4.78 is 0.